The van der Waals surface area contributed by atoms with E-state index in [0.29, 0.717) is 36.0 Å². The Kier molecular flexibility index (Phi) is 7.82. The van der Waals surface area contributed by atoms with Crippen LogP contribution in [0.15, 0.2) is 55.6 Å². The third-order valence-corrected chi connectivity index (χ3v) is 6.57. The van der Waals surface area contributed by atoms with E-state index in [1.54, 1.807) is 30.3 Å². The summed E-state index contributed by atoms with van der Waals surface area (Å²) in [5.74, 6) is 0.163. The van der Waals surface area contributed by atoms with Crippen molar-refractivity contribution in [3.63, 3.8) is 0 Å². The second-order valence-electron chi connectivity index (χ2n) is 8.54. The van der Waals surface area contributed by atoms with Gasteiger partial charge in [-0.05, 0) is 51.0 Å². The molecular formula is C26H27NO9S. The predicted molar refractivity (Wildman–Crippen MR) is 135 cm³/mol. The summed E-state index contributed by atoms with van der Waals surface area (Å²) in [5.41, 5.74) is -0.0217. The molecule has 196 valence electrons. The number of aliphatic carboxylic acids is 1. The number of carboxylic acids is 1. The summed E-state index contributed by atoms with van der Waals surface area (Å²) in [6, 6.07) is 8.69. The Balaban J connectivity index is 1.56. The van der Waals surface area contributed by atoms with Gasteiger partial charge in [-0.3, -0.25) is 9.69 Å². The molecule has 1 aliphatic heterocycles. The molecule has 1 atom stereocenters. The van der Waals surface area contributed by atoms with Crippen molar-refractivity contribution in [3.8, 4) is 23.0 Å². The van der Waals surface area contributed by atoms with E-state index < -0.39 is 18.1 Å². The molecule has 0 unspecified atom stereocenters. The quantitative estimate of drug-likeness (QED) is 0.435. The van der Waals surface area contributed by atoms with E-state index in [9.17, 15) is 19.5 Å². The highest BCUT2D eigenvalue weighted by Gasteiger charge is 2.35. The van der Waals surface area contributed by atoms with Gasteiger partial charge in [-0.25, -0.2) is 9.59 Å². The summed E-state index contributed by atoms with van der Waals surface area (Å²) in [5, 5.41) is 9.84. The molecule has 1 amide bonds. The van der Waals surface area contributed by atoms with Crippen LogP contribution < -0.4 is 24.4 Å². The Morgan fingerprint density at radius 2 is 1.81 bits per heavy atom. The number of amides is 1. The zero-order chi connectivity index (χ0) is 26.7. The molecule has 0 saturated carbocycles. The van der Waals surface area contributed by atoms with Gasteiger partial charge in [0, 0.05) is 23.6 Å². The van der Waals surface area contributed by atoms with Crippen molar-refractivity contribution in [2.75, 3.05) is 20.8 Å². The van der Waals surface area contributed by atoms with Crippen LogP contribution in [0.4, 0.5) is 4.79 Å². The lowest BCUT2D eigenvalue weighted by Gasteiger charge is -2.20. The zero-order valence-electron chi connectivity index (χ0n) is 20.8. The lowest BCUT2D eigenvalue weighted by molar-refractivity contribution is -0.141. The Hall–Kier alpha value is -3.86. The van der Waals surface area contributed by atoms with Crippen molar-refractivity contribution in [1.82, 2.24) is 4.90 Å². The van der Waals surface area contributed by atoms with Crippen LogP contribution in [0.5, 0.6) is 23.0 Å². The first-order valence-corrected chi connectivity index (χ1v) is 12.4. The lowest BCUT2D eigenvalue weighted by Crippen LogP contribution is -2.41. The van der Waals surface area contributed by atoms with Crippen LogP contribution >= 0.6 is 11.8 Å². The van der Waals surface area contributed by atoms with Gasteiger partial charge in [0.05, 0.1) is 20.3 Å². The molecule has 0 radical (unpaired) electrons. The molecule has 0 spiro atoms. The van der Waals surface area contributed by atoms with Crippen molar-refractivity contribution < 1.29 is 38.1 Å². The number of likely N-dealkylation sites (tertiary alicyclic amines) is 1. The molecule has 1 saturated heterocycles. The summed E-state index contributed by atoms with van der Waals surface area (Å²) in [7, 11) is 2.91. The molecule has 1 N–H and O–H groups in total. The fraction of sp³-hybridized carbons (Fsp3) is 0.346. The number of hydrogen-bond donors (Lipinski definition) is 1. The minimum Gasteiger partial charge on any atom is -0.492 e. The average molecular weight is 530 g/mol. The summed E-state index contributed by atoms with van der Waals surface area (Å²) < 4.78 is 28.1. The van der Waals surface area contributed by atoms with Crippen LogP contribution in [0, 0.1) is 0 Å². The van der Waals surface area contributed by atoms with E-state index in [4.69, 9.17) is 23.4 Å². The fourth-order valence-corrected chi connectivity index (χ4v) is 4.90. The van der Waals surface area contributed by atoms with Crippen molar-refractivity contribution in [1.29, 1.82) is 0 Å². The number of carbonyl (C=O) groups excluding carboxylic acids is 1. The first-order chi connectivity index (χ1) is 17.7. The maximum atomic E-state index is 13.0. The minimum atomic E-state index is -1.04. The van der Waals surface area contributed by atoms with Crippen molar-refractivity contribution in [2.24, 2.45) is 0 Å². The van der Waals surface area contributed by atoms with Crippen LogP contribution in [0.2, 0.25) is 0 Å². The van der Waals surface area contributed by atoms with E-state index >= 15 is 0 Å². The van der Waals surface area contributed by atoms with Gasteiger partial charge in [0.2, 0.25) is 5.75 Å². The normalized spacial score (nSPS) is 15.2. The van der Waals surface area contributed by atoms with Crippen molar-refractivity contribution in [3.05, 3.63) is 46.6 Å². The van der Waals surface area contributed by atoms with Gasteiger partial charge in [-0.15, -0.1) is 0 Å². The summed E-state index contributed by atoms with van der Waals surface area (Å²) >= 11 is 1.21. The number of benzene rings is 2. The molecule has 1 aromatic heterocycles. The lowest BCUT2D eigenvalue weighted by atomic mass is 10.1. The van der Waals surface area contributed by atoms with Gasteiger partial charge in [0.1, 0.15) is 22.8 Å². The molecule has 10 nitrogen and oxygen atoms in total. The Labute approximate surface area is 217 Å². The highest BCUT2D eigenvalue weighted by atomic mass is 32.2. The predicted octanol–water partition coefficient (Wildman–Crippen LogP) is 4.80. The van der Waals surface area contributed by atoms with Crippen molar-refractivity contribution >= 4 is 34.8 Å². The Bertz CT molecular complexity index is 1370. The van der Waals surface area contributed by atoms with E-state index in [2.05, 4.69) is 0 Å². The SMILES string of the molecule is COc1c(OC(C)C)cc2oc(Sc3ccc(OC(=O)N4CCC[C@H]4C(=O)O)cc3)cc(=O)c2c1OC. The van der Waals surface area contributed by atoms with E-state index in [1.165, 1.54) is 36.9 Å². The summed E-state index contributed by atoms with van der Waals surface area (Å²) in [6.45, 7) is 4.08. The Morgan fingerprint density at radius 3 is 2.43 bits per heavy atom. The van der Waals surface area contributed by atoms with Gasteiger partial charge in [-0.2, -0.15) is 0 Å². The molecule has 11 heteroatoms. The average Bonchev–Trinajstić information content (AvgIpc) is 3.35. The van der Waals surface area contributed by atoms with Gasteiger partial charge < -0.3 is 28.5 Å². The number of hydrogen-bond acceptors (Lipinski definition) is 9. The molecule has 3 aromatic rings. The smallest absolute Gasteiger partial charge is 0.415 e. The van der Waals surface area contributed by atoms with Crippen LogP contribution in [0.25, 0.3) is 11.0 Å². The topological polar surface area (TPSA) is 125 Å². The monoisotopic (exact) mass is 529 g/mol. The number of ether oxygens (including phenoxy) is 4. The number of methoxy groups -OCH3 is 2. The molecular weight excluding hydrogens is 502 g/mol. The van der Waals surface area contributed by atoms with E-state index in [0.717, 1.165) is 4.90 Å². The number of fused-ring (bicyclic) bond motifs is 1. The minimum absolute atomic E-state index is 0.145. The second-order valence-corrected chi connectivity index (χ2v) is 9.62. The molecule has 0 aliphatic carbocycles. The molecule has 0 bridgehead atoms. The highest BCUT2D eigenvalue weighted by molar-refractivity contribution is 7.99. The molecule has 2 heterocycles. The van der Waals surface area contributed by atoms with E-state index in [1.807, 2.05) is 13.8 Å². The van der Waals surface area contributed by atoms with Gasteiger partial charge in [0.15, 0.2) is 22.0 Å². The first-order valence-electron chi connectivity index (χ1n) is 11.6. The fourth-order valence-electron chi connectivity index (χ4n) is 4.10. The largest absolute Gasteiger partial charge is 0.492 e. The van der Waals surface area contributed by atoms with Crippen LogP contribution in [0.3, 0.4) is 0 Å². The maximum absolute atomic E-state index is 13.0. The van der Waals surface area contributed by atoms with E-state index in [-0.39, 0.29) is 34.0 Å². The number of rotatable bonds is 8. The van der Waals surface area contributed by atoms with Crippen LogP contribution in [-0.4, -0.2) is 55.0 Å². The van der Waals surface area contributed by atoms with Gasteiger partial charge >= 0.3 is 12.1 Å². The molecule has 37 heavy (non-hydrogen) atoms. The summed E-state index contributed by atoms with van der Waals surface area (Å²) in [4.78, 5) is 38.7. The molecule has 2 aromatic carbocycles. The number of carbonyl (C=O) groups is 2. The molecule has 1 fully saturated rings. The van der Waals surface area contributed by atoms with Crippen molar-refractivity contribution in [2.45, 2.75) is 48.8 Å². The first kappa shape index (κ1) is 26.2. The number of nitrogens with zero attached hydrogens (tertiary/aromatic N) is 1. The zero-order valence-corrected chi connectivity index (χ0v) is 21.6. The van der Waals surface area contributed by atoms with Crippen LogP contribution in [-0.2, 0) is 4.79 Å². The van der Waals surface area contributed by atoms with Gasteiger partial charge in [-0.1, -0.05) is 11.8 Å². The highest BCUT2D eigenvalue weighted by Crippen LogP contribution is 2.43. The van der Waals surface area contributed by atoms with Crippen LogP contribution in [0.1, 0.15) is 26.7 Å². The molecule has 1 aliphatic rings. The Morgan fingerprint density at radius 1 is 1.11 bits per heavy atom. The standard InChI is InChI=1S/C26H27NO9S/c1-14(2)34-20-13-19-22(24(33-4)23(20)32-3)18(28)12-21(36-19)37-16-9-7-15(8-10-16)35-26(31)27-11-5-6-17(27)25(29)30/h7-10,12-14,17H,5-6,11H2,1-4H3,(H,29,30)/t17-/m0/s1. The second kappa shape index (κ2) is 11.0. The van der Waals surface area contributed by atoms with Gasteiger partial charge in [0.25, 0.3) is 0 Å². The number of carboxylic acid groups (broad SMARTS) is 1. The summed E-state index contributed by atoms with van der Waals surface area (Å²) in [6.07, 6.45) is 0.173. The third-order valence-electron chi connectivity index (χ3n) is 5.66. The molecule has 4 rings (SSSR count). The maximum Gasteiger partial charge on any atom is 0.415 e. The third kappa shape index (κ3) is 5.61.